The van der Waals surface area contributed by atoms with Gasteiger partial charge in [-0.1, -0.05) is 57.5 Å². The second-order valence-corrected chi connectivity index (χ2v) is 11.0. The zero-order valence-electron chi connectivity index (χ0n) is 19.6. The summed E-state index contributed by atoms with van der Waals surface area (Å²) in [7, 11) is 0. The molecule has 3 aliphatic heterocycles. The van der Waals surface area contributed by atoms with Crippen LogP contribution in [0, 0.1) is 5.41 Å². The van der Waals surface area contributed by atoms with Gasteiger partial charge in [0.1, 0.15) is 6.54 Å². The summed E-state index contributed by atoms with van der Waals surface area (Å²) in [5.41, 5.74) is 3.03. The van der Waals surface area contributed by atoms with Crippen molar-refractivity contribution in [3.63, 3.8) is 0 Å². The van der Waals surface area contributed by atoms with Crippen molar-refractivity contribution in [3.8, 4) is 0 Å². The summed E-state index contributed by atoms with van der Waals surface area (Å²) in [6.45, 7) is 9.98. The molecule has 0 saturated carbocycles. The Balaban J connectivity index is 0.000000471. The number of halogens is 1. The number of rotatable bonds is 2. The molecule has 1 spiro atoms. The first-order valence-corrected chi connectivity index (χ1v) is 11.6. The summed E-state index contributed by atoms with van der Waals surface area (Å²) in [6, 6.07) is 12.8. The van der Waals surface area contributed by atoms with Gasteiger partial charge >= 0.3 is 0 Å². The standard InChI is InChI=1S/C21H18ClN3O3.C5H12/c22-14-5-6-15-13(9-14)10-25(19(15)27)11-18(26)24-8-7-21(12-24)16-3-1-2-4-17(16)23-20(21)28;1-5(2,3)4/h1-6,9H,7-8,10-12H2,(H,23,28);1-4H3/t21-;/m0./s1. The topological polar surface area (TPSA) is 69.7 Å². The average Bonchev–Trinajstić information content (AvgIpc) is 3.38. The summed E-state index contributed by atoms with van der Waals surface area (Å²) >= 11 is 6.01. The van der Waals surface area contributed by atoms with Crippen LogP contribution in [0.5, 0.6) is 0 Å². The lowest BCUT2D eigenvalue weighted by molar-refractivity contribution is -0.131. The Bertz CT molecular complexity index is 1120. The lowest BCUT2D eigenvalue weighted by Gasteiger charge is -2.24. The molecule has 0 aromatic heterocycles. The summed E-state index contributed by atoms with van der Waals surface area (Å²) < 4.78 is 0. The van der Waals surface area contributed by atoms with Crippen LogP contribution in [0.25, 0.3) is 0 Å². The van der Waals surface area contributed by atoms with Crippen molar-refractivity contribution in [1.82, 2.24) is 9.80 Å². The quantitative estimate of drug-likeness (QED) is 0.708. The second kappa shape index (κ2) is 8.49. The van der Waals surface area contributed by atoms with Crippen LogP contribution in [-0.4, -0.2) is 47.2 Å². The average molecular weight is 468 g/mol. The number of carbonyl (C=O) groups is 3. The van der Waals surface area contributed by atoms with E-state index in [-0.39, 0.29) is 24.3 Å². The number of fused-ring (bicyclic) bond motifs is 3. The molecule has 3 amide bonds. The normalized spacial score (nSPS) is 21.0. The molecule has 3 heterocycles. The van der Waals surface area contributed by atoms with E-state index in [0.717, 1.165) is 16.8 Å². The number of para-hydroxylation sites is 1. The molecule has 1 N–H and O–H groups in total. The number of carbonyl (C=O) groups excluding carboxylic acids is 3. The van der Waals surface area contributed by atoms with Crippen LogP contribution in [0.4, 0.5) is 5.69 Å². The van der Waals surface area contributed by atoms with Gasteiger partial charge in [0.2, 0.25) is 11.8 Å². The van der Waals surface area contributed by atoms with E-state index in [1.807, 2.05) is 24.3 Å². The number of nitrogens with one attached hydrogen (secondary N) is 1. The maximum absolute atomic E-state index is 12.9. The second-order valence-electron chi connectivity index (χ2n) is 10.6. The van der Waals surface area contributed by atoms with E-state index >= 15 is 0 Å². The van der Waals surface area contributed by atoms with E-state index in [4.69, 9.17) is 11.6 Å². The Morgan fingerprint density at radius 3 is 2.55 bits per heavy atom. The van der Waals surface area contributed by atoms with Crippen LogP contribution in [0.3, 0.4) is 0 Å². The van der Waals surface area contributed by atoms with E-state index < -0.39 is 5.41 Å². The minimum absolute atomic E-state index is 0.00444. The van der Waals surface area contributed by atoms with Crippen LogP contribution in [0.2, 0.25) is 5.02 Å². The largest absolute Gasteiger partial charge is 0.340 e. The number of likely N-dealkylation sites (tertiary alicyclic amines) is 1. The van der Waals surface area contributed by atoms with Gasteiger partial charge in [0.15, 0.2) is 0 Å². The van der Waals surface area contributed by atoms with Gasteiger partial charge < -0.3 is 15.1 Å². The third kappa shape index (κ3) is 4.62. The van der Waals surface area contributed by atoms with Gasteiger partial charge in [0, 0.05) is 35.9 Å². The van der Waals surface area contributed by atoms with E-state index in [1.54, 1.807) is 23.1 Å². The molecular formula is C26H30ClN3O3. The highest BCUT2D eigenvalue weighted by Gasteiger charge is 2.52. The number of amides is 3. The number of benzene rings is 2. The maximum atomic E-state index is 12.9. The van der Waals surface area contributed by atoms with Crippen LogP contribution in [-0.2, 0) is 21.5 Å². The number of anilines is 1. The molecule has 0 unspecified atom stereocenters. The molecule has 2 aromatic carbocycles. The highest BCUT2D eigenvalue weighted by molar-refractivity contribution is 6.30. The van der Waals surface area contributed by atoms with Crippen LogP contribution in [0.1, 0.15) is 55.6 Å². The van der Waals surface area contributed by atoms with Crippen molar-refractivity contribution in [2.75, 3.05) is 25.0 Å². The fourth-order valence-corrected chi connectivity index (χ4v) is 4.74. The summed E-state index contributed by atoms with van der Waals surface area (Å²) in [6.07, 6.45) is 0.589. The molecule has 1 atom stereocenters. The highest BCUT2D eigenvalue weighted by atomic mass is 35.5. The molecule has 174 valence electrons. The Kier molecular flexibility index (Phi) is 5.99. The van der Waals surface area contributed by atoms with Gasteiger partial charge in [-0.25, -0.2) is 0 Å². The van der Waals surface area contributed by atoms with E-state index in [9.17, 15) is 14.4 Å². The molecule has 0 aliphatic carbocycles. The first kappa shape index (κ1) is 23.3. The Morgan fingerprint density at radius 2 is 1.82 bits per heavy atom. The number of hydrogen-bond donors (Lipinski definition) is 1. The monoisotopic (exact) mass is 467 g/mol. The van der Waals surface area contributed by atoms with Crippen LogP contribution >= 0.6 is 11.6 Å². The van der Waals surface area contributed by atoms with Crippen molar-refractivity contribution >= 4 is 35.0 Å². The Morgan fingerprint density at radius 1 is 1.12 bits per heavy atom. The number of hydrogen-bond acceptors (Lipinski definition) is 3. The van der Waals surface area contributed by atoms with Crippen molar-refractivity contribution in [2.45, 2.75) is 46.1 Å². The van der Waals surface area contributed by atoms with Crippen molar-refractivity contribution in [2.24, 2.45) is 5.41 Å². The summed E-state index contributed by atoms with van der Waals surface area (Å²) in [4.78, 5) is 41.4. The van der Waals surface area contributed by atoms with Gasteiger partial charge in [-0.15, -0.1) is 0 Å². The molecule has 0 bridgehead atoms. The van der Waals surface area contributed by atoms with E-state index in [0.29, 0.717) is 42.1 Å². The van der Waals surface area contributed by atoms with Crippen molar-refractivity contribution < 1.29 is 14.4 Å². The lowest BCUT2D eigenvalue weighted by Crippen LogP contribution is -2.43. The Labute approximate surface area is 199 Å². The first-order valence-electron chi connectivity index (χ1n) is 11.2. The fraction of sp³-hybridized carbons (Fsp3) is 0.423. The summed E-state index contributed by atoms with van der Waals surface area (Å²) in [5.74, 6) is -0.345. The van der Waals surface area contributed by atoms with Gasteiger partial charge in [-0.3, -0.25) is 14.4 Å². The summed E-state index contributed by atoms with van der Waals surface area (Å²) in [5, 5.41) is 3.51. The van der Waals surface area contributed by atoms with Crippen molar-refractivity contribution in [3.05, 3.63) is 64.2 Å². The molecule has 1 saturated heterocycles. The molecule has 3 aliphatic rings. The molecule has 7 heteroatoms. The molecule has 2 aromatic rings. The number of nitrogens with zero attached hydrogens (tertiary/aromatic N) is 2. The molecule has 33 heavy (non-hydrogen) atoms. The molecule has 5 rings (SSSR count). The zero-order valence-corrected chi connectivity index (χ0v) is 20.3. The zero-order chi connectivity index (χ0) is 24.0. The lowest BCUT2D eigenvalue weighted by atomic mass is 9.81. The van der Waals surface area contributed by atoms with E-state index in [2.05, 4.69) is 33.0 Å². The predicted molar refractivity (Wildman–Crippen MR) is 129 cm³/mol. The maximum Gasteiger partial charge on any atom is 0.254 e. The van der Waals surface area contributed by atoms with Gasteiger partial charge in [0.25, 0.3) is 5.91 Å². The van der Waals surface area contributed by atoms with Crippen LogP contribution < -0.4 is 5.32 Å². The molecular weight excluding hydrogens is 438 g/mol. The van der Waals surface area contributed by atoms with Crippen molar-refractivity contribution in [1.29, 1.82) is 0 Å². The predicted octanol–water partition coefficient (Wildman–Crippen LogP) is 4.47. The molecule has 0 radical (unpaired) electrons. The van der Waals surface area contributed by atoms with Crippen LogP contribution in [0.15, 0.2) is 42.5 Å². The van der Waals surface area contributed by atoms with Gasteiger partial charge in [-0.05, 0) is 47.2 Å². The van der Waals surface area contributed by atoms with Gasteiger partial charge in [-0.2, -0.15) is 0 Å². The third-order valence-corrected chi connectivity index (χ3v) is 6.25. The molecule has 6 nitrogen and oxygen atoms in total. The molecule has 1 fully saturated rings. The minimum atomic E-state index is -0.683. The fourth-order valence-electron chi connectivity index (χ4n) is 4.54. The SMILES string of the molecule is CC(C)(C)C.O=C(CN1Cc2cc(Cl)ccc2C1=O)N1CC[C@@]2(C1)C(=O)Nc1ccccc12. The smallest absolute Gasteiger partial charge is 0.254 e. The highest BCUT2D eigenvalue weighted by Crippen LogP contribution is 2.44. The van der Waals surface area contributed by atoms with E-state index in [1.165, 1.54) is 4.90 Å². The third-order valence-electron chi connectivity index (χ3n) is 6.02. The minimum Gasteiger partial charge on any atom is -0.340 e. The Hall–Kier alpha value is -2.86. The first-order chi connectivity index (χ1) is 15.5. The van der Waals surface area contributed by atoms with Gasteiger partial charge in [0.05, 0.1) is 5.41 Å².